The van der Waals surface area contributed by atoms with E-state index in [9.17, 15) is 9.59 Å². The van der Waals surface area contributed by atoms with Gasteiger partial charge in [-0.15, -0.1) is 0 Å². The maximum Gasteiger partial charge on any atom is 0.221 e. The van der Waals surface area contributed by atoms with E-state index in [1.807, 2.05) is 13.8 Å². The minimum absolute atomic E-state index is 0.201. The number of aryl methyl sites for hydroxylation is 2. The molecule has 1 amide bonds. The zero-order valence-corrected chi connectivity index (χ0v) is 12.9. The van der Waals surface area contributed by atoms with Crippen molar-refractivity contribution in [2.75, 3.05) is 5.32 Å². The molecule has 0 spiro atoms. The molecule has 2 aromatic rings. The first-order valence-corrected chi connectivity index (χ1v) is 6.96. The number of halogens is 1. The summed E-state index contributed by atoms with van der Waals surface area (Å²) in [6.07, 6.45) is 0. The second kappa shape index (κ2) is 6.10. The topological polar surface area (TPSA) is 46.2 Å². The molecule has 0 aliphatic carbocycles. The quantitative estimate of drug-likeness (QED) is 0.866. The van der Waals surface area contributed by atoms with Gasteiger partial charge in [-0.3, -0.25) is 9.59 Å². The van der Waals surface area contributed by atoms with E-state index in [1.54, 1.807) is 36.4 Å². The van der Waals surface area contributed by atoms with Crippen LogP contribution in [0.25, 0.3) is 0 Å². The van der Waals surface area contributed by atoms with E-state index in [0.717, 1.165) is 11.1 Å². The van der Waals surface area contributed by atoms with E-state index >= 15 is 0 Å². The first kappa shape index (κ1) is 15.3. The number of ketones is 1. The third-order valence-corrected chi connectivity index (χ3v) is 3.64. The van der Waals surface area contributed by atoms with Crippen molar-refractivity contribution in [1.29, 1.82) is 0 Å². The molecule has 4 heteroatoms. The van der Waals surface area contributed by atoms with Crippen LogP contribution in [0.3, 0.4) is 0 Å². The molecular weight excluding hydrogens is 286 g/mol. The van der Waals surface area contributed by atoms with Gasteiger partial charge in [0.1, 0.15) is 0 Å². The summed E-state index contributed by atoms with van der Waals surface area (Å²) >= 11 is 6.09. The highest BCUT2D eigenvalue weighted by Crippen LogP contribution is 2.26. The van der Waals surface area contributed by atoms with Gasteiger partial charge in [-0.1, -0.05) is 23.7 Å². The smallest absolute Gasteiger partial charge is 0.221 e. The summed E-state index contributed by atoms with van der Waals surface area (Å²) in [5, 5.41) is 3.11. The molecule has 3 nitrogen and oxygen atoms in total. The van der Waals surface area contributed by atoms with Crippen molar-refractivity contribution in [1.82, 2.24) is 0 Å². The van der Waals surface area contributed by atoms with Crippen molar-refractivity contribution in [3.8, 4) is 0 Å². The number of nitrogens with one attached hydrogen (secondary N) is 1. The number of hydrogen-bond acceptors (Lipinski definition) is 2. The number of anilines is 1. The predicted molar refractivity (Wildman–Crippen MR) is 85.1 cm³/mol. The molecule has 2 aromatic carbocycles. The fourth-order valence-corrected chi connectivity index (χ4v) is 2.31. The number of rotatable bonds is 3. The van der Waals surface area contributed by atoms with Crippen LogP contribution in [0.2, 0.25) is 5.02 Å². The van der Waals surface area contributed by atoms with Crippen molar-refractivity contribution < 1.29 is 9.59 Å². The van der Waals surface area contributed by atoms with Gasteiger partial charge >= 0.3 is 0 Å². The Balaban J connectivity index is 2.57. The first-order chi connectivity index (χ1) is 9.90. The largest absolute Gasteiger partial charge is 0.326 e. The lowest BCUT2D eigenvalue weighted by molar-refractivity contribution is -0.114. The molecule has 0 aliphatic rings. The van der Waals surface area contributed by atoms with Gasteiger partial charge in [-0.2, -0.15) is 0 Å². The lowest BCUT2D eigenvalue weighted by Gasteiger charge is -2.13. The Bertz CT molecular complexity index is 723. The van der Waals surface area contributed by atoms with Crippen LogP contribution < -0.4 is 5.32 Å². The SMILES string of the molecule is CC(=O)Nc1cc(C)c(C)cc1C(=O)c1ccccc1Cl. The summed E-state index contributed by atoms with van der Waals surface area (Å²) in [6, 6.07) is 10.5. The van der Waals surface area contributed by atoms with Gasteiger partial charge in [0.15, 0.2) is 5.78 Å². The van der Waals surface area contributed by atoms with Crippen molar-refractivity contribution in [2.45, 2.75) is 20.8 Å². The number of benzene rings is 2. The van der Waals surface area contributed by atoms with Gasteiger partial charge in [0.25, 0.3) is 0 Å². The molecule has 0 atom stereocenters. The zero-order valence-electron chi connectivity index (χ0n) is 12.2. The van der Waals surface area contributed by atoms with E-state index in [-0.39, 0.29) is 11.7 Å². The van der Waals surface area contributed by atoms with Crippen molar-refractivity contribution >= 4 is 29.0 Å². The van der Waals surface area contributed by atoms with Gasteiger partial charge in [0, 0.05) is 18.1 Å². The minimum atomic E-state index is -0.216. The van der Waals surface area contributed by atoms with E-state index in [2.05, 4.69) is 5.32 Å². The van der Waals surface area contributed by atoms with Crippen molar-refractivity contribution in [2.24, 2.45) is 0 Å². The Morgan fingerprint density at radius 2 is 1.62 bits per heavy atom. The fraction of sp³-hybridized carbons (Fsp3) is 0.176. The molecule has 0 bridgehead atoms. The molecule has 0 fully saturated rings. The summed E-state index contributed by atoms with van der Waals surface area (Å²) in [4.78, 5) is 24.0. The maximum atomic E-state index is 12.7. The van der Waals surface area contributed by atoms with E-state index in [4.69, 9.17) is 11.6 Å². The lowest BCUT2D eigenvalue weighted by Crippen LogP contribution is -2.13. The third kappa shape index (κ3) is 3.31. The van der Waals surface area contributed by atoms with Crippen LogP contribution in [0.15, 0.2) is 36.4 Å². The molecule has 0 aliphatic heterocycles. The van der Waals surface area contributed by atoms with Crippen LogP contribution in [-0.4, -0.2) is 11.7 Å². The second-order valence-corrected chi connectivity index (χ2v) is 5.38. The highest BCUT2D eigenvalue weighted by Gasteiger charge is 2.18. The minimum Gasteiger partial charge on any atom is -0.326 e. The van der Waals surface area contributed by atoms with E-state index in [0.29, 0.717) is 21.8 Å². The normalized spacial score (nSPS) is 10.3. The Morgan fingerprint density at radius 3 is 2.24 bits per heavy atom. The Hall–Kier alpha value is -2.13. The van der Waals surface area contributed by atoms with Gasteiger partial charge < -0.3 is 5.32 Å². The van der Waals surface area contributed by atoms with Crippen molar-refractivity contribution in [3.63, 3.8) is 0 Å². The molecule has 0 unspecified atom stereocenters. The number of carbonyl (C=O) groups is 2. The highest BCUT2D eigenvalue weighted by atomic mass is 35.5. The molecule has 0 radical (unpaired) electrons. The molecule has 108 valence electrons. The van der Waals surface area contributed by atoms with Gasteiger partial charge in [0.05, 0.1) is 10.7 Å². The predicted octanol–water partition coefficient (Wildman–Crippen LogP) is 4.15. The fourth-order valence-electron chi connectivity index (χ4n) is 2.09. The number of amides is 1. The third-order valence-electron chi connectivity index (χ3n) is 3.31. The molecular formula is C17H16ClNO2. The van der Waals surface area contributed by atoms with Crippen LogP contribution in [0, 0.1) is 13.8 Å². The van der Waals surface area contributed by atoms with E-state index < -0.39 is 0 Å². The Labute approximate surface area is 128 Å². The van der Waals surface area contributed by atoms with E-state index in [1.165, 1.54) is 6.92 Å². The molecule has 0 saturated heterocycles. The summed E-state index contributed by atoms with van der Waals surface area (Å²) in [5.41, 5.74) is 3.37. The van der Waals surface area contributed by atoms with Crippen LogP contribution in [0.4, 0.5) is 5.69 Å². The lowest BCUT2D eigenvalue weighted by atomic mass is 9.97. The molecule has 2 rings (SSSR count). The summed E-state index contributed by atoms with van der Waals surface area (Å²) in [5.74, 6) is -0.418. The number of carbonyl (C=O) groups excluding carboxylic acids is 2. The standard InChI is InChI=1S/C17H16ClNO2/c1-10-8-14(16(9-11(10)2)19-12(3)20)17(21)13-6-4-5-7-15(13)18/h4-9H,1-3H3,(H,19,20). The van der Waals surface area contributed by atoms with Gasteiger partial charge in [-0.25, -0.2) is 0 Å². The monoisotopic (exact) mass is 301 g/mol. The second-order valence-electron chi connectivity index (χ2n) is 4.97. The van der Waals surface area contributed by atoms with Gasteiger partial charge in [0.2, 0.25) is 5.91 Å². The van der Waals surface area contributed by atoms with Crippen LogP contribution in [0.1, 0.15) is 34.0 Å². The van der Waals surface area contributed by atoms with Gasteiger partial charge in [-0.05, 0) is 49.2 Å². The zero-order chi connectivity index (χ0) is 15.6. The molecule has 1 N–H and O–H groups in total. The highest BCUT2D eigenvalue weighted by molar-refractivity contribution is 6.35. The maximum absolute atomic E-state index is 12.7. The van der Waals surface area contributed by atoms with Crippen LogP contribution >= 0.6 is 11.6 Å². The summed E-state index contributed by atoms with van der Waals surface area (Å²) in [6.45, 7) is 5.28. The van der Waals surface area contributed by atoms with Crippen LogP contribution in [0.5, 0.6) is 0 Å². The molecule has 0 saturated carbocycles. The number of hydrogen-bond donors (Lipinski definition) is 1. The summed E-state index contributed by atoms with van der Waals surface area (Å²) in [7, 11) is 0. The molecule has 0 aromatic heterocycles. The Morgan fingerprint density at radius 1 is 1.00 bits per heavy atom. The first-order valence-electron chi connectivity index (χ1n) is 6.58. The Kier molecular flexibility index (Phi) is 4.43. The van der Waals surface area contributed by atoms with Crippen molar-refractivity contribution in [3.05, 3.63) is 63.7 Å². The van der Waals surface area contributed by atoms with Crippen LogP contribution in [-0.2, 0) is 4.79 Å². The average molecular weight is 302 g/mol. The average Bonchev–Trinajstić information content (AvgIpc) is 2.42. The molecule has 0 heterocycles. The molecule has 21 heavy (non-hydrogen) atoms. The summed E-state index contributed by atoms with van der Waals surface area (Å²) < 4.78 is 0.